The van der Waals surface area contributed by atoms with Crippen LogP contribution in [-0.4, -0.2) is 53.5 Å². The van der Waals surface area contributed by atoms with E-state index in [1.165, 1.54) is 13.2 Å². The fourth-order valence-electron chi connectivity index (χ4n) is 3.57. The van der Waals surface area contributed by atoms with Gasteiger partial charge in [0, 0.05) is 12.5 Å². The number of carbonyl (C=O) groups excluding carboxylic acids is 1. The van der Waals surface area contributed by atoms with E-state index in [4.69, 9.17) is 18.9 Å². The van der Waals surface area contributed by atoms with Crippen molar-refractivity contribution in [2.45, 2.75) is 63.8 Å². The van der Waals surface area contributed by atoms with E-state index in [0.717, 1.165) is 0 Å². The van der Waals surface area contributed by atoms with Crippen LogP contribution in [0.25, 0.3) is 6.08 Å². The molecule has 1 saturated heterocycles. The molecule has 1 fully saturated rings. The maximum absolute atomic E-state index is 12.7. The third kappa shape index (κ3) is 4.98. The number of fused-ring (bicyclic) bond motifs is 2. The van der Waals surface area contributed by atoms with Gasteiger partial charge in [-0.3, -0.25) is 0 Å². The van der Waals surface area contributed by atoms with Crippen LogP contribution in [0.5, 0.6) is 11.5 Å². The zero-order chi connectivity index (χ0) is 21.2. The molecule has 7 nitrogen and oxygen atoms in total. The Labute approximate surface area is 170 Å². The Bertz CT molecular complexity index is 812. The number of cyclic esters (lactones) is 1. The first-order chi connectivity index (χ1) is 13.7. The van der Waals surface area contributed by atoms with E-state index in [1.807, 2.05) is 6.08 Å². The molecule has 1 aromatic rings. The highest BCUT2D eigenvalue weighted by Crippen LogP contribution is 2.34. The van der Waals surface area contributed by atoms with Crippen molar-refractivity contribution in [1.82, 2.24) is 0 Å². The summed E-state index contributed by atoms with van der Waals surface area (Å²) in [5, 5.41) is 20.9. The van der Waals surface area contributed by atoms with Gasteiger partial charge in [0.1, 0.15) is 35.4 Å². The summed E-state index contributed by atoms with van der Waals surface area (Å²) in [5.74, 6) is -1.22. The van der Waals surface area contributed by atoms with Crippen LogP contribution in [0.4, 0.5) is 0 Å². The van der Waals surface area contributed by atoms with Gasteiger partial charge in [-0.25, -0.2) is 4.79 Å². The summed E-state index contributed by atoms with van der Waals surface area (Å²) in [5.41, 5.74) is 0.553. The number of phenolic OH excluding ortho intramolecular Hbond substituents is 1. The Balaban J connectivity index is 1.99. The molecular weight excluding hydrogens is 376 g/mol. The zero-order valence-electron chi connectivity index (χ0n) is 17.1. The van der Waals surface area contributed by atoms with E-state index in [9.17, 15) is 15.0 Å². The molecule has 2 aliphatic rings. The summed E-state index contributed by atoms with van der Waals surface area (Å²) in [6.07, 6.45) is 5.60. The van der Waals surface area contributed by atoms with E-state index in [0.29, 0.717) is 24.2 Å². The Morgan fingerprint density at radius 2 is 1.93 bits per heavy atom. The predicted octanol–water partition coefficient (Wildman–Crippen LogP) is 3.19. The summed E-state index contributed by atoms with van der Waals surface area (Å²) in [6.45, 7) is 5.36. The van der Waals surface area contributed by atoms with Crippen LogP contribution in [0.15, 0.2) is 30.4 Å². The smallest absolute Gasteiger partial charge is 0.342 e. The number of methoxy groups -OCH3 is 1. The van der Waals surface area contributed by atoms with Crippen LogP contribution in [0.3, 0.4) is 0 Å². The lowest BCUT2D eigenvalue weighted by Gasteiger charge is -2.20. The molecule has 2 heterocycles. The highest BCUT2D eigenvalue weighted by molar-refractivity contribution is 5.97. The summed E-state index contributed by atoms with van der Waals surface area (Å²) in [4.78, 5) is 12.7. The molecule has 4 atom stereocenters. The lowest BCUT2D eigenvalue weighted by Crippen LogP contribution is -2.34. The highest BCUT2D eigenvalue weighted by atomic mass is 16.8. The average molecular weight is 404 g/mol. The van der Waals surface area contributed by atoms with Crippen molar-refractivity contribution in [1.29, 1.82) is 0 Å². The molecule has 2 N–H and O–H groups in total. The number of esters is 1. The van der Waals surface area contributed by atoms with Crippen molar-refractivity contribution < 1.29 is 34.0 Å². The average Bonchev–Trinajstić information content (AvgIpc) is 2.95. The normalized spacial score (nSPS) is 29.5. The third-order valence-electron chi connectivity index (χ3n) is 4.89. The molecule has 3 rings (SSSR count). The summed E-state index contributed by atoms with van der Waals surface area (Å²) >= 11 is 0. The van der Waals surface area contributed by atoms with Gasteiger partial charge in [-0.1, -0.05) is 24.3 Å². The first kappa shape index (κ1) is 21.4. The standard InChI is InChI=1S/C22H28O7/c1-13-7-5-9-16(23)20-18(28-22(2,3)29-20)10-6-8-14-11-15(26-4)12-17(24)19(14)21(25)27-13/h5-6,8-9,11-13,16,18,20,23-24H,7,10H2,1-4H3. The number of aliphatic hydroxyl groups excluding tert-OH is 1. The number of hydrogen-bond acceptors (Lipinski definition) is 7. The van der Waals surface area contributed by atoms with Crippen LogP contribution in [-0.2, 0) is 14.2 Å². The summed E-state index contributed by atoms with van der Waals surface area (Å²) < 4.78 is 22.5. The number of ether oxygens (including phenoxy) is 4. The third-order valence-corrected chi connectivity index (χ3v) is 4.89. The summed E-state index contributed by atoms with van der Waals surface area (Å²) in [7, 11) is 1.48. The predicted molar refractivity (Wildman–Crippen MR) is 107 cm³/mol. The molecule has 0 aromatic heterocycles. The summed E-state index contributed by atoms with van der Waals surface area (Å²) in [6, 6.07) is 3.04. The van der Waals surface area contributed by atoms with Crippen LogP contribution >= 0.6 is 0 Å². The molecule has 0 spiro atoms. The fourth-order valence-corrected chi connectivity index (χ4v) is 3.57. The SMILES string of the molecule is COc1cc(O)c2c(c1)C=CCC1OC(C)(C)OC1C(O)C=CCC(C)OC2=O. The lowest BCUT2D eigenvalue weighted by molar-refractivity contribution is -0.152. The second-order valence-corrected chi connectivity index (χ2v) is 7.76. The second kappa shape index (κ2) is 8.57. The van der Waals surface area contributed by atoms with Crippen LogP contribution in [0.1, 0.15) is 49.5 Å². The number of aliphatic hydroxyl groups is 1. The van der Waals surface area contributed by atoms with Gasteiger partial charge >= 0.3 is 5.97 Å². The van der Waals surface area contributed by atoms with E-state index >= 15 is 0 Å². The minimum Gasteiger partial charge on any atom is -0.507 e. The Kier molecular flexibility index (Phi) is 6.31. The van der Waals surface area contributed by atoms with Gasteiger partial charge in [0.2, 0.25) is 0 Å². The van der Waals surface area contributed by atoms with E-state index in [1.54, 1.807) is 45.1 Å². The van der Waals surface area contributed by atoms with Crippen LogP contribution in [0, 0.1) is 0 Å². The van der Waals surface area contributed by atoms with Gasteiger partial charge in [0.05, 0.1) is 13.2 Å². The van der Waals surface area contributed by atoms with Gasteiger partial charge in [-0.2, -0.15) is 0 Å². The van der Waals surface area contributed by atoms with Crippen molar-refractivity contribution >= 4 is 12.0 Å². The molecule has 0 saturated carbocycles. The highest BCUT2D eigenvalue weighted by Gasteiger charge is 2.43. The van der Waals surface area contributed by atoms with Crippen molar-refractivity contribution in [3.8, 4) is 11.5 Å². The van der Waals surface area contributed by atoms with Crippen LogP contribution < -0.4 is 4.74 Å². The quantitative estimate of drug-likeness (QED) is 0.548. The number of benzene rings is 1. The number of carbonyl (C=O) groups is 1. The van der Waals surface area contributed by atoms with Gasteiger partial charge in [-0.15, -0.1) is 0 Å². The first-order valence-corrected chi connectivity index (χ1v) is 9.69. The Morgan fingerprint density at radius 3 is 2.66 bits per heavy atom. The molecule has 0 amide bonds. The van der Waals surface area contributed by atoms with Gasteiger partial charge in [0.15, 0.2) is 5.79 Å². The van der Waals surface area contributed by atoms with Crippen molar-refractivity contribution in [2.24, 2.45) is 0 Å². The van der Waals surface area contributed by atoms with Crippen molar-refractivity contribution in [3.05, 3.63) is 41.5 Å². The van der Waals surface area contributed by atoms with E-state index in [2.05, 4.69) is 0 Å². The molecule has 158 valence electrons. The molecule has 0 radical (unpaired) electrons. The van der Waals surface area contributed by atoms with Gasteiger partial charge < -0.3 is 29.2 Å². The molecule has 0 bridgehead atoms. The number of rotatable bonds is 1. The largest absolute Gasteiger partial charge is 0.507 e. The van der Waals surface area contributed by atoms with Crippen molar-refractivity contribution in [2.75, 3.05) is 7.11 Å². The minimum absolute atomic E-state index is 0.0791. The molecule has 4 unspecified atom stereocenters. The Hall–Kier alpha value is -2.35. The number of phenols is 1. The second-order valence-electron chi connectivity index (χ2n) is 7.76. The fraction of sp³-hybridized carbons (Fsp3) is 0.500. The maximum atomic E-state index is 12.7. The molecule has 29 heavy (non-hydrogen) atoms. The van der Waals surface area contributed by atoms with Gasteiger partial charge in [-0.05, 0) is 38.8 Å². The molecule has 2 aliphatic heterocycles. The topological polar surface area (TPSA) is 94.5 Å². The number of aromatic hydroxyl groups is 1. The molecule has 7 heteroatoms. The van der Waals surface area contributed by atoms with E-state index < -0.39 is 30.1 Å². The molecule has 1 aromatic carbocycles. The number of hydrogen-bond donors (Lipinski definition) is 2. The van der Waals surface area contributed by atoms with Crippen molar-refractivity contribution in [3.63, 3.8) is 0 Å². The minimum atomic E-state index is -0.850. The first-order valence-electron chi connectivity index (χ1n) is 9.69. The molecular formula is C22H28O7. The zero-order valence-corrected chi connectivity index (χ0v) is 17.1. The van der Waals surface area contributed by atoms with E-state index in [-0.39, 0.29) is 17.4 Å². The Morgan fingerprint density at radius 1 is 1.17 bits per heavy atom. The molecule has 0 aliphatic carbocycles. The maximum Gasteiger partial charge on any atom is 0.342 e. The van der Waals surface area contributed by atoms with Crippen LogP contribution in [0.2, 0.25) is 0 Å². The van der Waals surface area contributed by atoms with Gasteiger partial charge in [0.25, 0.3) is 0 Å². The monoisotopic (exact) mass is 404 g/mol. The lowest BCUT2D eigenvalue weighted by atomic mass is 10.0.